The molecule has 0 spiro atoms. The molecule has 0 aromatic carbocycles. The van der Waals surface area contributed by atoms with Crippen LogP contribution in [-0.2, 0) is 4.79 Å². The summed E-state index contributed by atoms with van der Waals surface area (Å²) in [4.78, 5) is 23.2. The smallest absolute Gasteiger partial charge is 0.317 e. The van der Waals surface area contributed by atoms with Crippen LogP contribution < -0.4 is 5.32 Å². The number of hydrogen-bond donors (Lipinski definition) is 2. The van der Waals surface area contributed by atoms with Crippen molar-refractivity contribution >= 4 is 23.8 Å². The summed E-state index contributed by atoms with van der Waals surface area (Å²) in [5.74, 6) is 1.16. The SMILES string of the molecule is CN(CCC(=O)O)C(=O)NC1CCSC1. The first-order valence-corrected chi connectivity index (χ1v) is 6.06. The third-order valence-electron chi connectivity index (χ3n) is 2.27. The van der Waals surface area contributed by atoms with Crippen LogP contribution in [0.15, 0.2) is 0 Å². The molecular weight excluding hydrogens is 216 g/mol. The maximum atomic E-state index is 11.5. The number of rotatable bonds is 4. The standard InChI is InChI=1S/C9H16N2O3S/c1-11(4-2-8(12)13)9(14)10-7-3-5-15-6-7/h7H,2-6H2,1H3,(H,10,14)(H,12,13). The van der Waals surface area contributed by atoms with Gasteiger partial charge in [0.1, 0.15) is 0 Å². The highest BCUT2D eigenvalue weighted by Crippen LogP contribution is 2.17. The minimum absolute atomic E-state index is 0.0106. The van der Waals surface area contributed by atoms with E-state index in [-0.39, 0.29) is 25.0 Å². The minimum atomic E-state index is -0.883. The molecule has 15 heavy (non-hydrogen) atoms. The number of carbonyl (C=O) groups is 2. The lowest BCUT2D eigenvalue weighted by molar-refractivity contribution is -0.137. The monoisotopic (exact) mass is 232 g/mol. The summed E-state index contributed by atoms with van der Waals surface area (Å²) in [5.41, 5.74) is 0. The van der Waals surface area contributed by atoms with E-state index in [4.69, 9.17) is 5.11 Å². The molecule has 2 amide bonds. The van der Waals surface area contributed by atoms with Crippen molar-refractivity contribution in [1.82, 2.24) is 10.2 Å². The molecule has 6 heteroatoms. The molecule has 1 saturated heterocycles. The maximum absolute atomic E-state index is 11.5. The van der Waals surface area contributed by atoms with Gasteiger partial charge in [-0.15, -0.1) is 0 Å². The number of nitrogens with one attached hydrogen (secondary N) is 1. The van der Waals surface area contributed by atoms with Gasteiger partial charge >= 0.3 is 12.0 Å². The number of thioether (sulfide) groups is 1. The summed E-state index contributed by atoms with van der Waals surface area (Å²) in [7, 11) is 1.61. The number of carboxylic acid groups (broad SMARTS) is 1. The van der Waals surface area contributed by atoms with E-state index in [1.807, 2.05) is 11.8 Å². The normalized spacial score (nSPS) is 19.9. The zero-order valence-electron chi connectivity index (χ0n) is 8.73. The fourth-order valence-electron chi connectivity index (χ4n) is 1.30. The summed E-state index contributed by atoms with van der Waals surface area (Å²) in [6.07, 6.45) is 0.993. The van der Waals surface area contributed by atoms with Crippen LogP contribution in [0.4, 0.5) is 4.79 Å². The van der Waals surface area contributed by atoms with Crippen LogP contribution in [0.5, 0.6) is 0 Å². The van der Waals surface area contributed by atoms with E-state index in [0.717, 1.165) is 17.9 Å². The van der Waals surface area contributed by atoms with Crippen molar-refractivity contribution in [1.29, 1.82) is 0 Å². The molecular formula is C9H16N2O3S. The first-order chi connectivity index (χ1) is 7.09. The number of aliphatic carboxylic acids is 1. The van der Waals surface area contributed by atoms with Crippen LogP contribution in [-0.4, -0.2) is 53.1 Å². The average Bonchev–Trinajstić information content (AvgIpc) is 2.66. The van der Waals surface area contributed by atoms with E-state index in [0.29, 0.717) is 0 Å². The van der Waals surface area contributed by atoms with Gasteiger partial charge in [0.25, 0.3) is 0 Å². The quantitative estimate of drug-likeness (QED) is 0.745. The van der Waals surface area contributed by atoms with Gasteiger partial charge in [-0.1, -0.05) is 0 Å². The van der Waals surface area contributed by atoms with E-state index >= 15 is 0 Å². The van der Waals surface area contributed by atoms with Crippen LogP contribution in [0.25, 0.3) is 0 Å². The fourth-order valence-corrected chi connectivity index (χ4v) is 2.45. The molecule has 5 nitrogen and oxygen atoms in total. The Morgan fingerprint density at radius 2 is 2.33 bits per heavy atom. The molecule has 0 bridgehead atoms. The minimum Gasteiger partial charge on any atom is -0.481 e. The lowest BCUT2D eigenvalue weighted by Crippen LogP contribution is -2.43. The molecule has 1 aliphatic rings. The molecule has 0 aromatic rings. The molecule has 2 N–H and O–H groups in total. The van der Waals surface area contributed by atoms with Crippen molar-refractivity contribution < 1.29 is 14.7 Å². The number of nitrogens with zero attached hydrogens (tertiary/aromatic N) is 1. The van der Waals surface area contributed by atoms with Crippen LogP contribution in [0, 0.1) is 0 Å². The van der Waals surface area contributed by atoms with E-state index in [9.17, 15) is 9.59 Å². The van der Waals surface area contributed by atoms with Crippen molar-refractivity contribution in [2.24, 2.45) is 0 Å². The molecule has 0 aliphatic carbocycles. The summed E-state index contributed by atoms with van der Waals surface area (Å²) in [5, 5.41) is 11.3. The molecule has 1 atom stereocenters. The number of amides is 2. The highest BCUT2D eigenvalue weighted by Gasteiger charge is 2.19. The zero-order valence-corrected chi connectivity index (χ0v) is 9.55. The summed E-state index contributed by atoms with van der Waals surface area (Å²) >= 11 is 1.83. The molecule has 0 saturated carbocycles. The number of carboxylic acids is 1. The third-order valence-corrected chi connectivity index (χ3v) is 3.43. The lowest BCUT2D eigenvalue weighted by Gasteiger charge is -2.19. The first-order valence-electron chi connectivity index (χ1n) is 4.90. The Hall–Kier alpha value is -0.910. The van der Waals surface area contributed by atoms with E-state index in [2.05, 4.69) is 5.32 Å². The van der Waals surface area contributed by atoms with E-state index in [1.165, 1.54) is 4.90 Å². The molecule has 86 valence electrons. The predicted molar refractivity (Wildman–Crippen MR) is 59.1 cm³/mol. The molecule has 1 rings (SSSR count). The second kappa shape index (κ2) is 5.85. The highest BCUT2D eigenvalue weighted by molar-refractivity contribution is 7.99. The van der Waals surface area contributed by atoms with Gasteiger partial charge in [-0.05, 0) is 12.2 Å². The van der Waals surface area contributed by atoms with Crippen molar-refractivity contribution in [3.8, 4) is 0 Å². The van der Waals surface area contributed by atoms with Gasteiger partial charge in [-0.3, -0.25) is 4.79 Å². The lowest BCUT2D eigenvalue weighted by atomic mass is 10.3. The van der Waals surface area contributed by atoms with Gasteiger partial charge in [0.2, 0.25) is 0 Å². The average molecular weight is 232 g/mol. The van der Waals surface area contributed by atoms with Gasteiger partial charge in [0.15, 0.2) is 0 Å². The van der Waals surface area contributed by atoms with Crippen molar-refractivity contribution in [2.45, 2.75) is 18.9 Å². The van der Waals surface area contributed by atoms with Crippen LogP contribution in [0.2, 0.25) is 0 Å². The maximum Gasteiger partial charge on any atom is 0.317 e. The number of hydrogen-bond acceptors (Lipinski definition) is 3. The number of carbonyl (C=O) groups excluding carboxylic acids is 1. The van der Waals surface area contributed by atoms with Gasteiger partial charge < -0.3 is 15.3 Å². The van der Waals surface area contributed by atoms with Crippen LogP contribution >= 0.6 is 11.8 Å². The Morgan fingerprint density at radius 1 is 1.60 bits per heavy atom. The molecule has 0 radical (unpaired) electrons. The van der Waals surface area contributed by atoms with Gasteiger partial charge in [-0.25, -0.2) is 4.79 Å². The second-order valence-corrected chi connectivity index (χ2v) is 4.73. The summed E-state index contributed by atoms with van der Waals surface area (Å²) in [6.45, 7) is 0.251. The Balaban J connectivity index is 2.22. The summed E-state index contributed by atoms with van der Waals surface area (Å²) < 4.78 is 0. The van der Waals surface area contributed by atoms with Crippen molar-refractivity contribution in [3.05, 3.63) is 0 Å². The molecule has 1 fully saturated rings. The largest absolute Gasteiger partial charge is 0.481 e. The van der Waals surface area contributed by atoms with Gasteiger partial charge in [0, 0.05) is 25.4 Å². The zero-order chi connectivity index (χ0) is 11.3. The molecule has 0 aromatic heterocycles. The van der Waals surface area contributed by atoms with Gasteiger partial charge in [-0.2, -0.15) is 11.8 Å². The Labute approximate surface area is 93.2 Å². The van der Waals surface area contributed by atoms with Crippen molar-refractivity contribution in [2.75, 3.05) is 25.1 Å². The topological polar surface area (TPSA) is 69.6 Å². The molecule has 1 heterocycles. The Morgan fingerprint density at radius 3 is 2.87 bits per heavy atom. The van der Waals surface area contributed by atoms with E-state index in [1.54, 1.807) is 7.05 Å². The van der Waals surface area contributed by atoms with Crippen LogP contribution in [0.3, 0.4) is 0 Å². The van der Waals surface area contributed by atoms with Crippen molar-refractivity contribution in [3.63, 3.8) is 0 Å². The summed E-state index contributed by atoms with van der Waals surface area (Å²) in [6, 6.07) is 0.0681. The number of urea groups is 1. The highest BCUT2D eigenvalue weighted by atomic mass is 32.2. The Kier molecular flexibility index (Phi) is 4.74. The second-order valence-electron chi connectivity index (χ2n) is 3.58. The van der Waals surface area contributed by atoms with E-state index < -0.39 is 5.97 Å². The molecule has 1 aliphatic heterocycles. The molecule has 1 unspecified atom stereocenters. The van der Waals surface area contributed by atoms with Crippen LogP contribution in [0.1, 0.15) is 12.8 Å². The fraction of sp³-hybridized carbons (Fsp3) is 0.778. The van der Waals surface area contributed by atoms with Gasteiger partial charge in [0.05, 0.1) is 6.42 Å². The third kappa shape index (κ3) is 4.42. The first kappa shape index (κ1) is 12.2. The Bertz CT molecular complexity index is 242. The predicted octanol–water partition coefficient (Wildman–Crippen LogP) is 0.608.